The molecule has 0 rings (SSSR count). The van der Waals surface area contributed by atoms with E-state index in [1.165, 1.54) is 20.8 Å². The summed E-state index contributed by atoms with van der Waals surface area (Å²) >= 11 is 0. The normalized spacial score (nSPS) is 15.9. The molecule has 0 saturated carbocycles. The van der Waals surface area contributed by atoms with Crippen molar-refractivity contribution in [1.29, 1.82) is 0 Å². The van der Waals surface area contributed by atoms with E-state index in [4.69, 9.17) is 4.74 Å². The molecule has 0 spiro atoms. The summed E-state index contributed by atoms with van der Waals surface area (Å²) in [6.07, 6.45) is -7.25. The zero-order valence-electron chi connectivity index (χ0n) is 14.5. The summed E-state index contributed by atoms with van der Waals surface area (Å²) in [6, 6.07) is 0. The van der Waals surface area contributed by atoms with Gasteiger partial charge >= 0.3 is 24.1 Å². The first kappa shape index (κ1) is 22.2. The minimum absolute atomic E-state index is 0.202. The van der Waals surface area contributed by atoms with Gasteiger partial charge in [0.2, 0.25) is 0 Å². The number of esters is 3. The van der Waals surface area contributed by atoms with Gasteiger partial charge in [0, 0.05) is 13.3 Å². The fraction of sp³-hybridized carbons (Fsp3) is 0.800. The Morgan fingerprint density at radius 1 is 1.04 bits per heavy atom. The Morgan fingerprint density at radius 3 is 1.92 bits per heavy atom. The first-order valence-electron chi connectivity index (χ1n) is 7.26. The van der Waals surface area contributed by atoms with Crippen molar-refractivity contribution in [2.45, 2.75) is 58.9 Å². The number of hydrogen-bond acceptors (Lipinski definition) is 6. The third kappa shape index (κ3) is 7.18. The smallest absolute Gasteiger partial charge is 0.425 e. The molecule has 0 fully saturated rings. The Morgan fingerprint density at radius 2 is 1.54 bits per heavy atom. The summed E-state index contributed by atoms with van der Waals surface area (Å²) in [7, 11) is 1.09. The van der Waals surface area contributed by atoms with Crippen LogP contribution in [0.3, 0.4) is 0 Å². The van der Waals surface area contributed by atoms with Crippen molar-refractivity contribution in [2.75, 3.05) is 7.11 Å². The van der Waals surface area contributed by atoms with Crippen LogP contribution in [-0.2, 0) is 28.6 Å². The van der Waals surface area contributed by atoms with Crippen LogP contribution in [0.1, 0.15) is 41.0 Å². The highest BCUT2D eigenvalue weighted by molar-refractivity contribution is 5.82. The predicted molar refractivity (Wildman–Crippen MR) is 76.7 cm³/mol. The number of halogens is 3. The van der Waals surface area contributed by atoms with E-state index in [0.29, 0.717) is 6.92 Å². The molecule has 0 heterocycles. The molecule has 0 aliphatic carbocycles. The van der Waals surface area contributed by atoms with Gasteiger partial charge in [-0.05, 0) is 20.8 Å². The van der Waals surface area contributed by atoms with Gasteiger partial charge in [0.1, 0.15) is 5.60 Å². The topological polar surface area (TPSA) is 78.9 Å². The van der Waals surface area contributed by atoms with Crippen molar-refractivity contribution in [1.82, 2.24) is 0 Å². The molecule has 0 aliphatic heterocycles. The molecule has 0 N–H and O–H groups in total. The summed E-state index contributed by atoms with van der Waals surface area (Å²) < 4.78 is 51.7. The minimum atomic E-state index is -4.72. The van der Waals surface area contributed by atoms with Gasteiger partial charge in [0.25, 0.3) is 0 Å². The van der Waals surface area contributed by atoms with Gasteiger partial charge in [-0.15, -0.1) is 0 Å². The minimum Gasteiger partial charge on any atom is -0.469 e. The van der Waals surface area contributed by atoms with Gasteiger partial charge < -0.3 is 14.2 Å². The molecule has 0 aromatic carbocycles. The fourth-order valence-corrected chi connectivity index (χ4v) is 2.10. The SMILES string of the molecule is COC(=O)C(C)C(CC(C)(C)OC(C)=O)C(=O)OC(C)C(F)(F)F. The van der Waals surface area contributed by atoms with E-state index >= 15 is 0 Å². The third-order valence-electron chi connectivity index (χ3n) is 3.36. The van der Waals surface area contributed by atoms with Crippen LogP contribution in [0, 0.1) is 11.8 Å². The van der Waals surface area contributed by atoms with Crippen LogP contribution in [0.5, 0.6) is 0 Å². The Hall–Kier alpha value is -1.80. The largest absolute Gasteiger partial charge is 0.469 e. The third-order valence-corrected chi connectivity index (χ3v) is 3.36. The van der Waals surface area contributed by atoms with E-state index in [1.54, 1.807) is 0 Å². The molecular weight excluding hydrogens is 333 g/mol. The molecule has 0 aromatic heterocycles. The van der Waals surface area contributed by atoms with Gasteiger partial charge in [0.05, 0.1) is 18.9 Å². The van der Waals surface area contributed by atoms with Crippen molar-refractivity contribution in [3.63, 3.8) is 0 Å². The summed E-state index contributed by atoms with van der Waals surface area (Å²) in [5.41, 5.74) is -1.18. The van der Waals surface area contributed by atoms with Crippen molar-refractivity contribution >= 4 is 17.9 Å². The Labute approximate surface area is 138 Å². The van der Waals surface area contributed by atoms with Crippen LogP contribution in [0.15, 0.2) is 0 Å². The molecule has 24 heavy (non-hydrogen) atoms. The number of carbonyl (C=O) groups is 3. The molecular formula is C15H23F3O6. The number of ether oxygens (including phenoxy) is 3. The van der Waals surface area contributed by atoms with Crippen LogP contribution in [0.25, 0.3) is 0 Å². The van der Waals surface area contributed by atoms with Crippen LogP contribution in [-0.4, -0.2) is 42.9 Å². The molecule has 0 aromatic rings. The average Bonchev–Trinajstić information content (AvgIpc) is 2.40. The van der Waals surface area contributed by atoms with Crippen molar-refractivity contribution < 1.29 is 41.8 Å². The highest BCUT2D eigenvalue weighted by atomic mass is 19.4. The number of rotatable bonds is 7. The highest BCUT2D eigenvalue weighted by Crippen LogP contribution is 2.30. The lowest BCUT2D eigenvalue weighted by atomic mass is 9.84. The molecule has 0 bridgehead atoms. The predicted octanol–water partition coefficient (Wildman–Crippen LogP) is 2.64. The molecule has 3 unspecified atom stereocenters. The Balaban J connectivity index is 5.37. The molecule has 0 amide bonds. The first-order valence-corrected chi connectivity index (χ1v) is 7.26. The number of alkyl halides is 3. The van der Waals surface area contributed by atoms with E-state index < -0.39 is 47.6 Å². The van der Waals surface area contributed by atoms with Crippen molar-refractivity contribution in [2.24, 2.45) is 11.8 Å². The van der Waals surface area contributed by atoms with Gasteiger partial charge in [-0.3, -0.25) is 14.4 Å². The second-order valence-electron chi connectivity index (χ2n) is 6.10. The maximum absolute atomic E-state index is 12.6. The van der Waals surface area contributed by atoms with E-state index in [0.717, 1.165) is 14.0 Å². The van der Waals surface area contributed by atoms with Crippen molar-refractivity contribution in [3.05, 3.63) is 0 Å². The van der Waals surface area contributed by atoms with E-state index in [2.05, 4.69) is 9.47 Å². The molecule has 0 aliphatic rings. The molecule has 140 valence electrons. The Bertz CT molecular complexity index is 472. The second kappa shape index (κ2) is 8.34. The van der Waals surface area contributed by atoms with Gasteiger partial charge in [0.15, 0.2) is 6.10 Å². The summed E-state index contributed by atoms with van der Waals surface area (Å²) in [6.45, 7) is 6.14. The quantitative estimate of drug-likeness (QED) is 0.515. The first-order chi connectivity index (χ1) is 10.7. The average molecular weight is 356 g/mol. The van der Waals surface area contributed by atoms with E-state index in [9.17, 15) is 27.6 Å². The summed E-state index contributed by atoms with van der Waals surface area (Å²) in [5, 5.41) is 0. The zero-order chi connectivity index (χ0) is 19.3. The number of methoxy groups -OCH3 is 1. The lowest BCUT2D eigenvalue weighted by Gasteiger charge is -2.31. The van der Waals surface area contributed by atoms with Crippen LogP contribution in [0.4, 0.5) is 13.2 Å². The van der Waals surface area contributed by atoms with E-state index in [1.807, 2.05) is 0 Å². The van der Waals surface area contributed by atoms with Crippen LogP contribution in [0.2, 0.25) is 0 Å². The number of carbonyl (C=O) groups excluding carboxylic acids is 3. The lowest BCUT2D eigenvalue weighted by Crippen LogP contribution is -2.41. The van der Waals surface area contributed by atoms with E-state index in [-0.39, 0.29) is 6.42 Å². The monoisotopic (exact) mass is 356 g/mol. The molecule has 6 nitrogen and oxygen atoms in total. The maximum Gasteiger partial charge on any atom is 0.425 e. The fourth-order valence-electron chi connectivity index (χ4n) is 2.10. The molecule has 9 heteroatoms. The Kier molecular flexibility index (Phi) is 7.72. The standard InChI is InChI=1S/C15H23F3O6/c1-8(12(20)22-6)11(7-14(4,5)24-10(3)19)13(21)23-9(2)15(16,17)18/h8-9,11H,7H2,1-6H3. The van der Waals surface area contributed by atoms with Crippen molar-refractivity contribution in [3.8, 4) is 0 Å². The van der Waals surface area contributed by atoms with Gasteiger partial charge in [-0.25, -0.2) is 0 Å². The maximum atomic E-state index is 12.6. The van der Waals surface area contributed by atoms with Crippen LogP contribution >= 0.6 is 0 Å². The summed E-state index contributed by atoms with van der Waals surface area (Å²) in [4.78, 5) is 34.9. The number of hydrogen-bond donors (Lipinski definition) is 0. The lowest BCUT2D eigenvalue weighted by molar-refractivity contribution is -0.220. The van der Waals surface area contributed by atoms with Crippen LogP contribution < -0.4 is 0 Å². The van der Waals surface area contributed by atoms with Gasteiger partial charge in [-0.1, -0.05) is 6.92 Å². The molecule has 3 atom stereocenters. The molecule has 0 radical (unpaired) electrons. The highest BCUT2D eigenvalue weighted by Gasteiger charge is 2.43. The van der Waals surface area contributed by atoms with Gasteiger partial charge in [-0.2, -0.15) is 13.2 Å². The zero-order valence-corrected chi connectivity index (χ0v) is 14.5. The summed E-state index contributed by atoms with van der Waals surface area (Å²) in [5.74, 6) is -4.95. The molecule has 0 saturated heterocycles. The second-order valence-corrected chi connectivity index (χ2v) is 6.10.